The van der Waals surface area contributed by atoms with Gasteiger partial charge in [0.1, 0.15) is 23.3 Å². The monoisotopic (exact) mass is 481 g/mol. The number of thiazole rings is 1. The van der Waals surface area contributed by atoms with Gasteiger partial charge in [0, 0.05) is 28.2 Å². The first-order valence-electron chi connectivity index (χ1n) is 10.3. The zero-order valence-electron chi connectivity index (χ0n) is 18.5. The SMILES string of the molecule is CCOc1c(/C(C)=C/C(=O)Nc2ncc([N+](=O)[O-])s2)cc2c(-c3ccc(F)cc3)coc2c1C. The second-order valence-corrected chi connectivity index (χ2v) is 8.43. The molecule has 4 rings (SSSR count). The molecule has 0 bridgehead atoms. The third kappa shape index (κ3) is 4.53. The maximum absolute atomic E-state index is 13.4. The number of fused-ring (bicyclic) bond motifs is 1. The van der Waals surface area contributed by atoms with E-state index in [1.807, 2.05) is 19.9 Å². The average molecular weight is 482 g/mol. The number of nitrogens with one attached hydrogen (secondary N) is 1. The number of nitrogens with zero attached hydrogens (tertiary/aromatic N) is 2. The Hall–Kier alpha value is -4.05. The lowest BCUT2D eigenvalue weighted by atomic mass is 9.96. The lowest BCUT2D eigenvalue weighted by Gasteiger charge is -2.15. The number of ether oxygens (including phenoxy) is 1. The Morgan fingerprint density at radius 3 is 2.74 bits per heavy atom. The summed E-state index contributed by atoms with van der Waals surface area (Å²) in [6.45, 7) is 5.91. The first kappa shape index (κ1) is 23.1. The van der Waals surface area contributed by atoms with Crippen molar-refractivity contribution in [3.8, 4) is 16.9 Å². The van der Waals surface area contributed by atoms with E-state index in [1.54, 1.807) is 25.3 Å². The van der Waals surface area contributed by atoms with E-state index in [1.165, 1.54) is 18.2 Å². The molecule has 0 radical (unpaired) electrons. The summed E-state index contributed by atoms with van der Waals surface area (Å²) in [7, 11) is 0. The van der Waals surface area contributed by atoms with Crippen LogP contribution >= 0.6 is 11.3 Å². The number of aryl methyl sites for hydroxylation is 1. The van der Waals surface area contributed by atoms with Gasteiger partial charge >= 0.3 is 5.00 Å². The third-order valence-electron chi connectivity index (χ3n) is 5.16. The summed E-state index contributed by atoms with van der Waals surface area (Å²) in [4.78, 5) is 26.7. The number of hydrogen-bond acceptors (Lipinski definition) is 7. The number of carbonyl (C=O) groups is 1. The maximum atomic E-state index is 13.4. The molecule has 2 aromatic carbocycles. The molecule has 0 saturated heterocycles. The molecule has 0 fully saturated rings. The summed E-state index contributed by atoms with van der Waals surface area (Å²) in [6.07, 6.45) is 4.09. The van der Waals surface area contributed by atoms with Crippen LogP contribution in [0.1, 0.15) is 25.0 Å². The van der Waals surface area contributed by atoms with Gasteiger partial charge < -0.3 is 9.15 Å². The number of amides is 1. The van der Waals surface area contributed by atoms with Gasteiger partial charge in [0.2, 0.25) is 5.91 Å². The van der Waals surface area contributed by atoms with E-state index in [0.29, 0.717) is 29.1 Å². The minimum Gasteiger partial charge on any atom is -0.493 e. The van der Waals surface area contributed by atoms with Crippen molar-refractivity contribution in [2.45, 2.75) is 20.8 Å². The zero-order valence-corrected chi connectivity index (χ0v) is 19.4. The van der Waals surface area contributed by atoms with Crippen LogP contribution in [0.5, 0.6) is 5.75 Å². The molecule has 2 heterocycles. The molecule has 0 aliphatic carbocycles. The lowest BCUT2D eigenvalue weighted by molar-refractivity contribution is -0.380. The topological polar surface area (TPSA) is 108 Å². The largest absolute Gasteiger partial charge is 0.493 e. The molecule has 0 saturated carbocycles. The average Bonchev–Trinajstić information content (AvgIpc) is 3.43. The number of furan rings is 1. The van der Waals surface area contributed by atoms with Crippen molar-refractivity contribution in [2.75, 3.05) is 11.9 Å². The van der Waals surface area contributed by atoms with Crippen LogP contribution in [-0.2, 0) is 4.79 Å². The number of benzene rings is 2. The van der Waals surface area contributed by atoms with Crippen LogP contribution in [0, 0.1) is 22.9 Å². The van der Waals surface area contributed by atoms with Gasteiger partial charge in [0.05, 0.1) is 17.8 Å². The van der Waals surface area contributed by atoms with Crippen molar-refractivity contribution in [1.82, 2.24) is 4.98 Å². The smallest absolute Gasteiger partial charge is 0.345 e. The van der Waals surface area contributed by atoms with Crippen LogP contribution in [0.15, 0.2) is 53.3 Å². The molecule has 8 nitrogen and oxygen atoms in total. The van der Waals surface area contributed by atoms with Gasteiger partial charge in [-0.1, -0.05) is 12.1 Å². The summed E-state index contributed by atoms with van der Waals surface area (Å²) in [6, 6.07) is 8.00. The quantitative estimate of drug-likeness (QED) is 0.187. The van der Waals surface area contributed by atoms with Gasteiger partial charge in [-0.05, 0) is 61.4 Å². The highest BCUT2D eigenvalue weighted by atomic mass is 32.1. The number of allylic oxidation sites excluding steroid dienone is 1. The van der Waals surface area contributed by atoms with Gasteiger partial charge in [0.25, 0.3) is 0 Å². The molecule has 10 heteroatoms. The number of aromatic nitrogens is 1. The van der Waals surface area contributed by atoms with E-state index < -0.39 is 10.8 Å². The van der Waals surface area contributed by atoms with E-state index in [4.69, 9.17) is 9.15 Å². The summed E-state index contributed by atoms with van der Waals surface area (Å²) >= 11 is 0.774. The van der Waals surface area contributed by atoms with Gasteiger partial charge in [-0.25, -0.2) is 9.37 Å². The number of rotatable bonds is 7. The Labute approximate surface area is 197 Å². The maximum Gasteiger partial charge on any atom is 0.345 e. The highest BCUT2D eigenvalue weighted by Crippen LogP contribution is 2.40. The van der Waals surface area contributed by atoms with E-state index in [9.17, 15) is 19.3 Å². The van der Waals surface area contributed by atoms with E-state index in [-0.39, 0.29) is 15.9 Å². The summed E-state index contributed by atoms with van der Waals surface area (Å²) in [5.74, 6) is -0.225. The number of carbonyl (C=O) groups excluding carboxylic acids is 1. The molecule has 4 aromatic rings. The molecule has 1 N–H and O–H groups in total. The van der Waals surface area contributed by atoms with E-state index >= 15 is 0 Å². The molecular formula is C24H20FN3O5S. The summed E-state index contributed by atoms with van der Waals surface area (Å²) in [5, 5.41) is 14.2. The third-order valence-corrected chi connectivity index (χ3v) is 6.03. The van der Waals surface area contributed by atoms with Crippen molar-refractivity contribution < 1.29 is 23.3 Å². The van der Waals surface area contributed by atoms with Crippen molar-refractivity contribution in [3.63, 3.8) is 0 Å². The van der Waals surface area contributed by atoms with E-state index in [2.05, 4.69) is 10.3 Å². The molecule has 0 unspecified atom stereocenters. The number of hydrogen-bond donors (Lipinski definition) is 1. The predicted octanol–water partition coefficient (Wildman–Crippen LogP) is 6.35. The van der Waals surface area contributed by atoms with Crippen LogP contribution in [-0.4, -0.2) is 22.4 Å². The summed E-state index contributed by atoms with van der Waals surface area (Å²) in [5.41, 5.74) is 4.29. The Morgan fingerprint density at radius 1 is 1.35 bits per heavy atom. The normalized spacial score (nSPS) is 11.6. The Bertz CT molecular complexity index is 1420. The minimum absolute atomic E-state index is 0.130. The predicted molar refractivity (Wildman–Crippen MR) is 129 cm³/mol. The number of halogens is 1. The van der Waals surface area contributed by atoms with Gasteiger partial charge in [0.15, 0.2) is 5.13 Å². The molecular weight excluding hydrogens is 461 g/mol. The van der Waals surface area contributed by atoms with Crippen molar-refractivity contribution in [2.24, 2.45) is 0 Å². The lowest BCUT2D eigenvalue weighted by Crippen LogP contribution is -2.08. The van der Waals surface area contributed by atoms with Crippen LogP contribution in [0.3, 0.4) is 0 Å². The Balaban J connectivity index is 1.75. The zero-order chi connectivity index (χ0) is 24.4. The fraction of sp³-hybridized carbons (Fsp3) is 0.167. The molecule has 34 heavy (non-hydrogen) atoms. The minimum atomic E-state index is -0.565. The molecule has 0 aliphatic rings. The molecule has 0 aliphatic heterocycles. The molecule has 2 aromatic heterocycles. The summed E-state index contributed by atoms with van der Waals surface area (Å²) < 4.78 is 25.1. The number of anilines is 1. The Morgan fingerprint density at radius 2 is 2.09 bits per heavy atom. The first-order chi connectivity index (χ1) is 16.3. The van der Waals surface area contributed by atoms with Crippen molar-refractivity contribution in [1.29, 1.82) is 0 Å². The second-order valence-electron chi connectivity index (χ2n) is 7.42. The standard InChI is InChI=1S/C24H20FN3O5S/c1-4-32-22-14(3)23-18(19(12-33-23)15-5-7-16(25)8-6-15)10-17(22)13(2)9-20(29)27-24-26-11-21(34-24)28(30)31/h5-12H,4H2,1-3H3,(H,26,27,29)/b13-9+. The fourth-order valence-electron chi connectivity index (χ4n) is 3.62. The molecule has 174 valence electrons. The fourth-order valence-corrected chi connectivity index (χ4v) is 4.25. The van der Waals surface area contributed by atoms with Crippen LogP contribution in [0.25, 0.3) is 27.7 Å². The first-order valence-corrected chi connectivity index (χ1v) is 11.1. The van der Waals surface area contributed by atoms with Crippen molar-refractivity contribution >= 4 is 43.9 Å². The van der Waals surface area contributed by atoms with Gasteiger partial charge in [-0.3, -0.25) is 20.2 Å². The van der Waals surface area contributed by atoms with Crippen molar-refractivity contribution in [3.05, 3.63) is 75.9 Å². The van der Waals surface area contributed by atoms with Crippen LogP contribution in [0.2, 0.25) is 0 Å². The van der Waals surface area contributed by atoms with Gasteiger partial charge in [-0.2, -0.15) is 0 Å². The van der Waals surface area contributed by atoms with Gasteiger partial charge in [-0.15, -0.1) is 0 Å². The van der Waals surface area contributed by atoms with Crippen LogP contribution in [0.4, 0.5) is 14.5 Å². The highest BCUT2D eigenvalue weighted by molar-refractivity contribution is 7.18. The molecule has 0 spiro atoms. The number of nitro groups is 1. The van der Waals surface area contributed by atoms with E-state index in [0.717, 1.165) is 39.6 Å². The second kappa shape index (κ2) is 9.44. The molecule has 1 amide bonds. The Kier molecular flexibility index (Phi) is 6.42. The highest BCUT2D eigenvalue weighted by Gasteiger charge is 2.20. The van der Waals surface area contributed by atoms with Crippen LogP contribution < -0.4 is 10.1 Å². The molecule has 0 atom stereocenters.